The number of nitrogens with zero attached hydrogens (tertiary/aromatic N) is 5. The first-order chi connectivity index (χ1) is 13.0. The van der Waals surface area contributed by atoms with E-state index in [0.717, 1.165) is 38.5 Å². The Morgan fingerprint density at radius 1 is 1.19 bits per heavy atom. The van der Waals surface area contributed by atoms with Gasteiger partial charge in [-0.3, -0.25) is 9.69 Å². The third kappa shape index (κ3) is 3.48. The highest BCUT2D eigenvalue weighted by atomic mass is 16.5. The Hall–Kier alpha value is -1.93. The third-order valence-electron chi connectivity index (χ3n) is 6.14. The molecule has 4 heterocycles. The molecule has 3 aliphatic heterocycles. The first-order valence-corrected chi connectivity index (χ1v) is 9.89. The number of fused-ring (bicyclic) bond motifs is 1. The summed E-state index contributed by atoms with van der Waals surface area (Å²) in [6.45, 7) is 10.2. The van der Waals surface area contributed by atoms with Crippen LogP contribution in [0, 0.1) is 0 Å². The van der Waals surface area contributed by atoms with Crippen molar-refractivity contribution < 1.29 is 14.6 Å². The average Bonchev–Trinajstić information content (AvgIpc) is 3.16. The zero-order chi connectivity index (χ0) is 19.0. The summed E-state index contributed by atoms with van der Waals surface area (Å²) in [6.07, 6.45) is 4.23. The number of rotatable bonds is 4. The lowest BCUT2D eigenvalue weighted by Crippen LogP contribution is -2.51. The van der Waals surface area contributed by atoms with E-state index in [-0.39, 0.29) is 0 Å². The van der Waals surface area contributed by atoms with Gasteiger partial charge in [-0.15, -0.1) is 0 Å². The Morgan fingerprint density at radius 3 is 2.70 bits per heavy atom. The van der Waals surface area contributed by atoms with E-state index in [9.17, 15) is 9.90 Å². The lowest BCUT2D eigenvalue weighted by Gasteiger charge is -2.38. The summed E-state index contributed by atoms with van der Waals surface area (Å²) in [6, 6.07) is 0.587. The van der Waals surface area contributed by atoms with E-state index in [1.165, 1.54) is 19.4 Å². The zero-order valence-corrected chi connectivity index (χ0v) is 16.2. The van der Waals surface area contributed by atoms with Crippen LogP contribution >= 0.6 is 0 Å². The number of hydrogen-bond donors (Lipinski definition) is 1. The van der Waals surface area contributed by atoms with Crippen LogP contribution in [0.5, 0.6) is 0 Å². The molecule has 1 aromatic heterocycles. The van der Waals surface area contributed by atoms with Crippen LogP contribution in [0.25, 0.3) is 0 Å². The van der Waals surface area contributed by atoms with Crippen LogP contribution in [0.2, 0.25) is 0 Å². The van der Waals surface area contributed by atoms with Crippen molar-refractivity contribution in [3.8, 4) is 0 Å². The summed E-state index contributed by atoms with van der Waals surface area (Å²) in [5.74, 6) is 0.588. The second kappa shape index (κ2) is 7.24. The molecule has 1 aromatic rings. The standard InChI is InChI=1S/C19H29N5O3/c1-19(2,17(25)26)15-12-20-18(21-16(15)23-8-10-27-11-9-23)24-7-6-22-5-3-4-14(22)13-24/h12,14H,3-11,13H2,1-2H3,(H,25,26)/t14-/m0/s1. The minimum absolute atomic E-state index is 0.587. The summed E-state index contributed by atoms with van der Waals surface area (Å²) in [5, 5.41) is 9.72. The number of aliphatic carboxylic acids is 1. The molecule has 27 heavy (non-hydrogen) atoms. The molecule has 3 fully saturated rings. The Kier molecular flexibility index (Phi) is 4.94. The predicted octanol–water partition coefficient (Wildman–Crippen LogP) is 0.960. The largest absolute Gasteiger partial charge is 0.481 e. The molecule has 0 unspecified atom stereocenters. The fourth-order valence-electron chi connectivity index (χ4n) is 4.26. The normalized spacial score (nSPS) is 24.1. The number of hydrogen-bond acceptors (Lipinski definition) is 7. The van der Waals surface area contributed by atoms with E-state index in [2.05, 4.69) is 19.7 Å². The minimum atomic E-state index is -1.05. The van der Waals surface area contributed by atoms with E-state index in [1.807, 2.05) is 0 Å². The SMILES string of the molecule is CC(C)(C(=O)O)c1cnc(N2CCN3CCC[C@H]3C2)nc1N1CCOCC1. The Balaban J connectivity index is 1.66. The van der Waals surface area contributed by atoms with Gasteiger partial charge in [-0.05, 0) is 33.2 Å². The van der Waals surface area contributed by atoms with Crippen LogP contribution in [0.15, 0.2) is 6.20 Å². The van der Waals surface area contributed by atoms with E-state index in [0.29, 0.717) is 30.8 Å². The molecule has 0 bridgehead atoms. The maximum absolute atomic E-state index is 11.9. The summed E-state index contributed by atoms with van der Waals surface area (Å²) >= 11 is 0. The lowest BCUT2D eigenvalue weighted by atomic mass is 9.85. The van der Waals surface area contributed by atoms with Gasteiger partial charge in [0, 0.05) is 50.5 Å². The first-order valence-electron chi connectivity index (χ1n) is 9.89. The number of ether oxygens (including phenoxy) is 1. The van der Waals surface area contributed by atoms with Crippen molar-refractivity contribution in [2.45, 2.75) is 38.1 Å². The fourth-order valence-corrected chi connectivity index (χ4v) is 4.26. The predicted molar refractivity (Wildman–Crippen MR) is 103 cm³/mol. The number of anilines is 2. The van der Waals surface area contributed by atoms with Crippen molar-refractivity contribution in [1.29, 1.82) is 0 Å². The maximum Gasteiger partial charge on any atom is 0.313 e. The second-order valence-electron chi connectivity index (χ2n) is 8.21. The quantitative estimate of drug-likeness (QED) is 0.833. The van der Waals surface area contributed by atoms with Gasteiger partial charge in [0.25, 0.3) is 0 Å². The Labute approximate surface area is 160 Å². The third-order valence-corrected chi connectivity index (χ3v) is 6.14. The maximum atomic E-state index is 11.9. The second-order valence-corrected chi connectivity index (χ2v) is 8.21. The molecule has 0 aromatic carbocycles. The highest BCUT2D eigenvalue weighted by Gasteiger charge is 2.36. The number of carbonyl (C=O) groups is 1. The summed E-state index contributed by atoms with van der Waals surface area (Å²) in [7, 11) is 0. The Bertz CT molecular complexity index is 705. The highest BCUT2D eigenvalue weighted by molar-refractivity contribution is 5.82. The lowest BCUT2D eigenvalue weighted by molar-refractivity contribution is -0.142. The van der Waals surface area contributed by atoms with Crippen LogP contribution in [-0.4, -0.2) is 84.5 Å². The van der Waals surface area contributed by atoms with Gasteiger partial charge in [0.2, 0.25) is 5.95 Å². The average molecular weight is 375 g/mol. The zero-order valence-electron chi connectivity index (χ0n) is 16.2. The van der Waals surface area contributed by atoms with E-state index in [4.69, 9.17) is 9.72 Å². The van der Waals surface area contributed by atoms with Gasteiger partial charge in [-0.2, -0.15) is 4.98 Å². The first kappa shape index (κ1) is 18.4. The van der Waals surface area contributed by atoms with Crippen LogP contribution in [0.1, 0.15) is 32.3 Å². The molecule has 0 spiro atoms. The monoisotopic (exact) mass is 375 g/mol. The number of morpholine rings is 1. The van der Waals surface area contributed by atoms with E-state index in [1.54, 1.807) is 20.0 Å². The van der Waals surface area contributed by atoms with Crippen LogP contribution in [0.4, 0.5) is 11.8 Å². The molecule has 0 radical (unpaired) electrons. The van der Waals surface area contributed by atoms with Gasteiger partial charge >= 0.3 is 5.97 Å². The van der Waals surface area contributed by atoms with Gasteiger partial charge < -0.3 is 19.6 Å². The molecular formula is C19H29N5O3. The summed E-state index contributed by atoms with van der Waals surface area (Å²) in [4.78, 5) is 28.3. The molecule has 4 rings (SSSR count). The van der Waals surface area contributed by atoms with Crippen molar-refractivity contribution >= 4 is 17.7 Å². The molecule has 148 valence electrons. The topological polar surface area (TPSA) is 82.0 Å². The molecule has 3 aliphatic rings. The minimum Gasteiger partial charge on any atom is -0.481 e. The van der Waals surface area contributed by atoms with Crippen LogP contribution in [0.3, 0.4) is 0 Å². The van der Waals surface area contributed by atoms with Gasteiger partial charge in [0.05, 0.1) is 18.6 Å². The molecule has 1 atom stereocenters. The fraction of sp³-hybridized carbons (Fsp3) is 0.737. The van der Waals surface area contributed by atoms with Crippen LogP contribution < -0.4 is 9.80 Å². The molecule has 0 saturated carbocycles. The number of carboxylic acid groups (broad SMARTS) is 1. The van der Waals surface area contributed by atoms with Gasteiger partial charge in [-0.25, -0.2) is 4.98 Å². The Morgan fingerprint density at radius 2 is 1.96 bits per heavy atom. The molecule has 0 aliphatic carbocycles. The van der Waals surface area contributed by atoms with Crippen molar-refractivity contribution in [2.75, 3.05) is 62.3 Å². The molecule has 8 heteroatoms. The van der Waals surface area contributed by atoms with Crippen LogP contribution in [-0.2, 0) is 14.9 Å². The van der Waals surface area contributed by atoms with E-state index >= 15 is 0 Å². The molecule has 1 N–H and O–H groups in total. The van der Waals surface area contributed by atoms with Gasteiger partial charge in [0.15, 0.2) is 0 Å². The summed E-state index contributed by atoms with van der Waals surface area (Å²) < 4.78 is 5.47. The summed E-state index contributed by atoms with van der Waals surface area (Å²) in [5.41, 5.74) is -0.379. The van der Waals surface area contributed by atoms with Crippen molar-refractivity contribution in [3.05, 3.63) is 11.8 Å². The van der Waals surface area contributed by atoms with Crippen molar-refractivity contribution in [2.24, 2.45) is 0 Å². The molecule has 3 saturated heterocycles. The highest BCUT2D eigenvalue weighted by Crippen LogP contribution is 2.33. The molecule has 0 amide bonds. The van der Waals surface area contributed by atoms with Gasteiger partial charge in [0.1, 0.15) is 5.82 Å². The number of piperazine rings is 1. The van der Waals surface area contributed by atoms with Gasteiger partial charge in [-0.1, -0.05) is 0 Å². The number of aromatic nitrogens is 2. The van der Waals surface area contributed by atoms with Crippen molar-refractivity contribution in [1.82, 2.24) is 14.9 Å². The smallest absolute Gasteiger partial charge is 0.313 e. The van der Waals surface area contributed by atoms with E-state index < -0.39 is 11.4 Å². The molecule has 8 nitrogen and oxygen atoms in total. The van der Waals surface area contributed by atoms with Crippen molar-refractivity contribution in [3.63, 3.8) is 0 Å². The number of carboxylic acids is 1. The molecular weight excluding hydrogens is 346 g/mol.